The molecule has 1 amide bonds. The van der Waals surface area contributed by atoms with Gasteiger partial charge in [-0.25, -0.2) is 9.97 Å². The van der Waals surface area contributed by atoms with Crippen molar-refractivity contribution >= 4 is 22.5 Å². The number of aromatic amines is 1. The molecule has 0 spiro atoms. The summed E-state index contributed by atoms with van der Waals surface area (Å²) in [5.74, 6) is -0.438. The van der Waals surface area contributed by atoms with Gasteiger partial charge in [0, 0.05) is 35.5 Å². The zero-order valence-electron chi connectivity index (χ0n) is 18.3. The molecule has 5 rings (SSSR count). The number of nitrogens with two attached hydrogens (primary N) is 1. The molecule has 34 heavy (non-hydrogen) atoms. The molecule has 4 N–H and O–H groups in total. The standard InChI is InChI=1S/C25H21N7O2/c1-15(30-24(33)22-23(26)28-13-12-27-22)20-14-16-6-5-9-18(19-10-11-29-31-19)21(16)25(34)32(20)17-7-3-2-4-8-17/h2-15H,1H3,(H2,26,28)(H,29,31)(H,30,33). The fourth-order valence-corrected chi connectivity index (χ4v) is 4.04. The van der Waals surface area contributed by atoms with Crippen molar-refractivity contribution < 1.29 is 4.79 Å². The monoisotopic (exact) mass is 451 g/mol. The lowest BCUT2D eigenvalue weighted by atomic mass is 10.0. The first-order valence-corrected chi connectivity index (χ1v) is 10.7. The van der Waals surface area contributed by atoms with E-state index in [9.17, 15) is 9.59 Å². The Labute approximate surface area is 194 Å². The van der Waals surface area contributed by atoms with Crippen molar-refractivity contribution in [3.63, 3.8) is 0 Å². The van der Waals surface area contributed by atoms with E-state index in [-0.39, 0.29) is 17.1 Å². The first-order chi connectivity index (χ1) is 16.5. The molecule has 0 fully saturated rings. The molecule has 0 radical (unpaired) electrons. The van der Waals surface area contributed by atoms with Gasteiger partial charge >= 0.3 is 0 Å². The number of benzene rings is 2. The summed E-state index contributed by atoms with van der Waals surface area (Å²) in [5.41, 5.74) is 8.44. The second-order valence-electron chi connectivity index (χ2n) is 7.77. The normalized spacial score (nSPS) is 11.9. The van der Waals surface area contributed by atoms with Gasteiger partial charge in [0.25, 0.3) is 11.5 Å². The second-order valence-corrected chi connectivity index (χ2v) is 7.77. The zero-order valence-corrected chi connectivity index (χ0v) is 18.3. The number of hydrogen-bond acceptors (Lipinski definition) is 6. The SMILES string of the molecule is CC(NC(=O)c1nccnc1N)c1cc2cccc(-c3ccn[nH]3)c2c(=O)n1-c1ccccc1. The first kappa shape index (κ1) is 21.1. The Morgan fingerprint density at radius 3 is 2.56 bits per heavy atom. The van der Waals surface area contributed by atoms with Crippen molar-refractivity contribution in [2.75, 3.05) is 5.73 Å². The smallest absolute Gasteiger partial charge is 0.274 e. The number of carbonyl (C=O) groups excluding carboxylic acids is 1. The minimum Gasteiger partial charge on any atom is -0.382 e. The Kier molecular flexibility index (Phi) is 5.35. The van der Waals surface area contributed by atoms with Crippen molar-refractivity contribution in [3.05, 3.63) is 101 Å². The van der Waals surface area contributed by atoms with Gasteiger partial charge < -0.3 is 11.1 Å². The molecule has 168 valence electrons. The van der Waals surface area contributed by atoms with E-state index in [1.807, 2.05) is 67.6 Å². The van der Waals surface area contributed by atoms with E-state index < -0.39 is 11.9 Å². The molecule has 9 nitrogen and oxygen atoms in total. The van der Waals surface area contributed by atoms with Gasteiger partial charge in [-0.2, -0.15) is 5.10 Å². The highest BCUT2D eigenvalue weighted by Crippen LogP contribution is 2.28. The molecule has 0 aliphatic heterocycles. The minimum absolute atomic E-state index is 0.0327. The Hall–Kier alpha value is -4.79. The van der Waals surface area contributed by atoms with Crippen LogP contribution >= 0.6 is 0 Å². The third kappa shape index (κ3) is 3.69. The second kappa shape index (κ2) is 8.62. The van der Waals surface area contributed by atoms with Crippen LogP contribution in [-0.2, 0) is 0 Å². The number of rotatable bonds is 5. The van der Waals surface area contributed by atoms with Gasteiger partial charge in [-0.15, -0.1) is 0 Å². The Balaban J connectivity index is 1.69. The van der Waals surface area contributed by atoms with E-state index in [0.29, 0.717) is 16.8 Å². The van der Waals surface area contributed by atoms with Crippen LogP contribution in [0.5, 0.6) is 0 Å². The summed E-state index contributed by atoms with van der Waals surface area (Å²) in [6.07, 6.45) is 4.47. The number of fused-ring (bicyclic) bond motifs is 1. The molecule has 0 saturated heterocycles. The lowest BCUT2D eigenvalue weighted by Crippen LogP contribution is -2.33. The molecular formula is C25H21N7O2. The molecule has 0 saturated carbocycles. The third-order valence-electron chi connectivity index (χ3n) is 5.61. The van der Waals surface area contributed by atoms with Gasteiger partial charge in [0.2, 0.25) is 0 Å². The van der Waals surface area contributed by atoms with Crippen LogP contribution in [0.1, 0.15) is 29.1 Å². The highest BCUT2D eigenvalue weighted by Gasteiger charge is 2.22. The van der Waals surface area contributed by atoms with Crippen LogP contribution < -0.4 is 16.6 Å². The summed E-state index contributed by atoms with van der Waals surface area (Å²) >= 11 is 0. The first-order valence-electron chi connectivity index (χ1n) is 10.7. The van der Waals surface area contributed by atoms with Crippen molar-refractivity contribution in [3.8, 4) is 16.9 Å². The van der Waals surface area contributed by atoms with Gasteiger partial charge in [0.15, 0.2) is 11.5 Å². The summed E-state index contributed by atoms with van der Waals surface area (Å²) in [4.78, 5) is 34.8. The van der Waals surface area contributed by atoms with E-state index in [4.69, 9.17) is 5.73 Å². The molecule has 5 aromatic rings. The van der Waals surface area contributed by atoms with E-state index in [1.165, 1.54) is 12.4 Å². The summed E-state index contributed by atoms with van der Waals surface area (Å²) in [5, 5.41) is 11.2. The Morgan fingerprint density at radius 1 is 1.03 bits per heavy atom. The van der Waals surface area contributed by atoms with Gasteiger partial charge in [0.05, 0.1) is 17.1 Å². The maximum Gasteiger partial charge on any atom is 0.274 e. The van der Waals surface area contributed by atoms with Crippen LogP contribution in [0.2, 0.25) is 0 Å². The number of nitrogen functional groups attached to an aromatic ring is 1. The molecule has 1 unspecified atom stereocenters. The number of hydrogen-bond donors (Lipinski definition) is 3. The van der Waals surface area contributed by atoms with Crippen LogP contribution in [0.25, 0.3) is 27.7 Å². The van der Waals surface area contributed by atoms with Crippen LogP contribution in [0.3, 0.4) is 0 Å². The number of nitrogens with zero attached hydrogens (tertiary/aromatic N) is 4. The Morgan fingerprint density at radius 2 is 1.82 bits per heavy atom. The van der Waals surface area contributed by atoms with Crippen LogP contribution in [0.15, 0.2) is 84.0 Å². The number of aromatic nitrogens is 5. The van der Waals surface area contributed by atoms with Crippen molar-refractivity contribution in [1.82, 2.24) is 30.0 Å². The molecule has 9 heteroatoms. The fraction of sp³-hybridized carbons (Fsp3) is 0.0800. The fourth-order valence-electron chi connectivity index (χ4n) is 4.04. The predicted octanol–water partition coefficient (Wildman–Crippen LogP) is 3.24. The molecule has 2 aromatic carbocycles. The topological polar surface area (TPSA) is 132 Å². The quantitative estimate of drug-likeness (QED) is 0.376. The largest absolute Gasteiger partial charge is 0.382 e. The van der Waals surface area contributed by atoms with E-state index in [2.05, 4.69) is 25.5 Å². The summed E-state index contributed by atoms with van der Waals surface area (Å²) < 4.78 is 1.62. The maximum atomic E-state index is 14.0. The van der Waals surface area contributed by atoms with Crippen LogP contribution in [0, 0.1) is 0 Å². The number of H-pyrrole nitrogens is 1. The number of carbonyl (C=O) groups is 1. The zero-order chi connectivity index (χ0) is 23.7. The minimum atomic E-state index is -0.540. The van der Waals surface area contributed by atoms with Gasteiger partial charge in [-0.1, -0.05) is 36.4 Å². The number of nitrogens with one attached hydrogen (secondary N) is 2. The summed E-state index contributed by atoms with van der Waals surface area (Å²) in [6, 6.07) is 18.2. The maximum absolute atomic E-state index is 14.0. The number of pyridine rings is 1. The predicted molar refractivity (Wildman–Crippen MR) is 129 cm³/mol. The Bertz CT molecular complexity index is 1540. The molecule has 0 aliphatic carbocycles. The highest BCUT2D eigenvalue weighted by atomic mass is 16.2. The van der Waals surface area contributed by atoms with Crippen molar-refractivity contribution in [1.29, 1.82) is 0 Å². The van der Waals surface area contributed by atoms with E-state index in [1.54, 1.807) is 10.8 Å². The lowest BCUT2D eigenvalue weighted by Gasteiger charge is -2.21. The van der Waals surface area contributed by atoms with Crippen LogP contribution in [0.4, 0.5) is 5.82 Å². The average molecular weight is 451 g/mol. The summed E-state index contributed by atoms with van der Waals surface area (Å²) in [7, 11) is 0. The number of amides is 1. The number of anilines is 1. The van der Waals surface area contributed by atoms with Crippen molar-refractivity contribution in [2.24, 2.45) is 0 Å². The molecule has 3 aromatic heterocycles. The lowest BCUT2D eigenvalue weighted by molar-refractivity contribution is 0.0934. The summed E-state index contributed by atoms with van der Waals surface area (Å²) in [6.45, 7) is 1.81. The molecule has 1 atom stereocenters. The highest BCUT2D eigenvalue weighted by molar-refractivity contribution is 5.97. The molecular weight excluding hydrogens is 430 g/mol. The van der Waals surface area contributed by atoms with Gasteiger partial charge in [-0.3, -0.25) is 19.3 Å². The van der Waals surface area contributed by atoms with E-state index >= 15 is 0 Å². The molecule has 0 bridgehead atoms. The van der Waals surface area contributed by atoms with E-state index in [0.717, 1.165) is 16.6 Å². The molecule has 0 aliphatic rings. The number of para-hydroxylation sites is 1. The average Bonchev–Trinajstić information content (AvgIpc) is 3.39. The van der Waals surface area contributed by atoms with Crippen molar-refractivity contribution in [2.45, 2.75) is 13.0 Å². The van der Waals surface area contributed by atoms with Gasteiger partial charge in [-0.05, 0) is 36.6 Å². The third-order valence-corrected chi connectivity index (χ3v) is 5.61. The molecule has 3 heterocycles. The van der Waals surface area contributed by atoms with Gasteiger partial charge in [0.1, 0.15) is 0 Å². The van der Waals surface area contributed by atoms with Crippen LogP contribution in [-0.4, -0.2) is 30.6 Å².